The zero-order valence-corrected chi connectivity index (χ0v) is 21.6. The number of carbonyl (C=O) groups is 3. The first-order valence-electron chi connectivity index (χ1n) is 11.4. The number of nitrogens with one attached hydrogen (secondary N) is 1. The van der Waals surface area contributed by atoms with Crippen molar-refractivity contribution in [3.63, 3.8) is 0 Å². The summed E-state index contributed by atoms with van der Waals surface area (Å²) in [7, 11) is -1.50. The third-order valence-electron chi connectivity index (χ3n) is 5.11. The lowest BCUT2D eigenvalue weighted by atomic mass is 10.0. The summed E-state index contributed by atoms with van der Waals surface area (Å²) in [6.07, 6.45) is -2.55. The fourth-order valence-electron chi connectivity index (χ4n) is 3.49. The molecule has 3 aromatic carbocycles. The van der Waals surface area contributed by atoms with Crippen LogP contribution in [0, 0.1) is 5.82 Å². The maximum Gasteiger partial charge on any atom is 0.508 e. The molecule has 0 fully saturated rings. The summed E-state index contributed by atoms with van der Waals surface area (Å²) in [6.45, 7) is 0.973. The molecule has 3 aromatic rings. The van der Waals surface area contributed by atoms with Gasteiger partial charge in [0.1, 0.15) is 5.82 Å². The molecular weight excluding hydrogens is 520 g/mol. The number of hydrogen-bond acceptors (Lipinski definition) is 9. The Morgan fingerprint density at radius 1 is 0.947 bits per heavy atom. The van der Waals surface area contributed by atoms with Crippen LogP contribution in [0.25, 0.3) is 10.8 Å². The van der Waals surface area contributed by atoms with Crippen molar-refractivity contribution in [1.29, 1.82) is 0 Å². The number of carbonyl (C=O) groups excluding carboxylic acids is 3. The first-order chi connectivity index (χ1) is 18.2. The van der Waals surface area contributed by atoms with Gasteiger partial charge in [0, 0.05) is 19.4 Å². The summed E-state index contributed by atoms with van der Waals surface area (Å²) in [5.74, 6) is -2.56. The molecule has 0 aromatic heterocycles. The number of fused-ring (bicyclic) bond motifs is 1. The molecule has 10 nitrogen and oxygen atoms in total. The average molecular weight is 546 g/mol. The summed E-state index contributed by atoms with van der Waals surface area (Å²) in [4.78, 5) is 35.9. The van der Waals surface area contributed by atoms with Crippen LogP contribution in [0.5, 0.6) is 0 Å². The van der Waals surface area contributed by atoms with Crippen molar-refractivity contribution in [1.82, 2.24) is 5.32 Å². The van der Waals surface area contributed by atoms with Crippen molar-refractivity contribution in [3.8, 4) is 0 Å². The van der Waals surface area contributed by atoms with Gasteiger partial charge in [-0.05, 0) is 56.1 Å². The molecule has 0 saturated carbocycles. The Balaban J connectivity index is 1.83. The highest BCUT2D eigenvalue weighted by Crippen LogP contribution is 2.24. The van der Waals surface area contributed by atoms with Crippen molar-refractivity contribution in [3.05, 3.63) is 83.7 Å². The lowest BCUT2D eigenvalue weighted by molar-refractivity contribution is -0.462. The van der Waals surface area contributed by atoms with Crippen LogP contribution in [-0.2, 0) is 44.0 Å². The van der Waals surface area contributed by atoms with Gasteiger partial charge < -0.3 is 14.8 Å². The van der Waals surface area contributed by atoms with E-state index in [4.69, 9.17) is 18.7 Å². The van der Waals surface area contributed by atoms with Crippen LogP contribution in [0.4, 0.5) is 4.39 Å². The zero-order chi connectivity index (χ0) is 27.5. The van der Waals surface area contributed by atoms with E-state index in [2.05, 4.69) is 10.1 Å². The highest BCUT2D eigenvalue weighted by molar-refractivity contribution is 7.17. The van der Waals surface area contributed by atoms with E-state index in [0.29, 0.717) is 11.1 Å². The number of benzene rings is 3. The average Bonchev–Trinajstić information content (AvgIpc) is 2.86. The Hall–Kier alpha value is -3.76. The molecule has 38 heavy (non-hydrogen) atoms. The molecular formula is C26H26FNO9P+. The molecule has 0 aliphatic rings. The minimum Gasteiger partial charge on any atom is -0.438 e. The molecule has 3 unspecified atom stereocenters. The maximum absolute atomic E-state index is 13.8. The smallest absolute Gasteiger partial charge is 0.438 e. The van der Waals surface area contributed by atoms with Gasteiger partial charge in [0.2, 0.25) is 6.79 Å². The maximum atomic E-state index is 13.8. The number of rotatable bonds is 13. The molecule has 0 bridgehead atoms. The van der Waals surface area contributed by atoms with Crippen molar-refractivity contribution >= 4 is 37.3 Å². The number of esters is 2. The van der Waals surface area contributed by atoms with Crippen molar-refractivity contribution < 1.29 is 46.8 Å². The minimum absolute atomic E-state index is 0.0941. The van der Waals surface area contributed by atoms with E-state index in [0.717, 1.165) is 24.6 Å². The van der Waals surface area contributed by atoms with Crippen LogP contribution in [0.1, 0.15) is 29.8 Å². The second kappa shape index (κ2) is 13.7. The molecule has 12 heteroatoms. The fraction of sp³-hybridized carbons (Fsp3) is 0.269. The lowest BCUT2D eigenvalue weighted by Gasteiger charge is -2.28. The van der Waals surface area contributed by atoms with Crippen LogP contribution < -0.4 is 5.32 Å². The number of ether oxygens (including phenoxy) is 4. The molecule has 0 aliphatic heterocycles. The normalized spacial score (nSPS) is 13.4. The Labute approximate surface area is 219 Å². The molecule has 3 rings (SSSR count). The molecule has 200 valence electrons. The van der Waals surface area contributed by atoms with Crippen molar-refractivity contribution in [2.24, 2.45) is 0 Å². The van der Waals surface area contributed by atoms with Crippen LogP contribution in [0.15, 0.2) is 66.7 Å². The fourth-order valence-corrected chi connectivity index (χ4v) is 3.76. The van der Waals surface area contributed by atoms with Gasteiger partial charge in [-0.25, -0.2) is 4.39 Å². The molecule has 0 aliphatic carbocycles. The summed E-state index contributed by atoms with van der Waals surface area (Å²) in [6, 6.07) is 17.6. The number of amides is 1. The predicted molar refractivity (Wildman–Crippen MR) is 134 cm³/mol. The van der Waals surface area contributed by atoms with Gasteiger partial charge in [-0.1, -0.05) is 42.5 Å². The molecule has 3 atom stereocenters. The Morgan fingerprint density at radius 3 is 2.39 bits per heavy atom. The minimum atomic E-state index is -2.64. The van der Waals surface area contributed by atoms with Gasteiger partial charge in [0.25, 0.3) is 5.91 Å². The van der Waals surface area contributed by atoms with E-state index < -0.39 is 58.0 Å². The van der Waals surface area contributed by atoms with Crippen LogP contribution in [0.2, 0.25) is 0 Å². The standard InChI is InChI=1S/C26H25FNO9P/c1-17(29)33-16-35-26(37-38-32,36-18(2)30)34-15-24(13-19-6-5-9-23(27)12-19)28-25(31)22-11-10-20-7-3-4-8-21(20)14-22/h3-12,14,24,38H,13,15-16H2,1-2H3/p+1. The third kappa shape index (κ3) is 8.67. The van der Waals surface area contributed by atoms with Crippen molar-refractivity contribution in [2.45, 2.75) is 32.5 Å². The lowest BCUT2D eigenvalue weighted by Crippen LogP contribution is -2.47. The Kier molecular flexibility index (Phi) is 10.4. The van der Waals surface area contributed by atoms with E-state index in [-0.39, 0.29) is 6.42 Å². The SMILES string of the molecule is CC(=O)OCOC(OCC(Cc1cccc(F)c1)NC(=O)c1ccc2ccccc2c1)(O[PH+]=O)OC(C)=O. The number of halogens is 1. The van der Waals surface area contributed by atoms with Gasteiger partial charge in [0.05, 0.1) is 12.6 Å². The highest BCUT2D eigenvalue weighted by Gasteiger charge is 2.45. The highest BCUT2D eigenvalue weighted by atomic mass is 31.1. The summed E-state index contributed by atoms with van der Waals surface area (Å²) >= 11 is 0. The summed E-state index contributed by atoms with van der Waals surface area (Å²) in [5, 5.41) is 4.62. The quantitative estimate of drug-likeness (QED) is 0.192. The third-order valence-corrected chi connectivity index (χ3v) is 5.45. The van der Waals surface area contributed by atoms with E-state index >= 15 is 0 Å². The summed E-state index contributed by atoms with van der Waals surface area (Å²) in [5.41, 5.74) is 0.894. The second-order valence-electron chi connectivity index (χ2n) is 8.05. The van der Waals surface area contributed by atoms with Gasteiger partial charge in [0.15, 0.2) is 0 Å². The molecule has 0 heterocycles. The largest absolute Gasteiger partial charge is 0.508 e. The second-order valence-corrected chi connectivity index (χ2v) is 8.43. The van der Waals surface area contributed by atoms with Crippen LogP contribution >= 0.6 is 8.69 Å². The van der Waals surface area contributed by atoms with Gasteiger partial charge in [-0.3, -0.25) is 23.9 Å². The summed E-state index contributed by atoms with van der Waals surface area (Å²) < 4.78 is 50.4. The van der Waals surface area contributed by atoms with Crippen LogP contribution in [-0.4, -0.2) is 43.4 Å². The van der Waals surface area contributed by atoms with Gasteiger partial charge >= 0.3 is 26.8 Å². The molecule has 0 spiro atoms. The van der Waals surface area contributed by atoms with Crippen LogP contribution in [0.3, 0.4) is 0 Å². The molecule has 0 radical (unpaired) electrons. The molecule has 1 amide bonds. The predicted octanol–water partition coefficient (Wildman–Crippen LogP) is 4.00. The van der Waals surface area contributed by atoms with E-state index in [1.165, 1.54) is 18.2 Å². The van der Waals surface area contributed by atoms with E-state index in [9.17, 15) is 23.3 Å². The topological polar surface area (TPSA) is 126 Å². The Morgan fingerprint density at radius 2 is 1.71 bits per heavy atom. The first-order valence-corrected chi connectivity index (χ1v) is 12.2. The van der Waals surface area contributed by atoms with Crippen molar-refractivity contribution in [2.75, 3.05) is 13.4 Å². The molecule has 0 saturated heterocycles. The monoisotopic (exact) mass is 546 g/mol. The zero-order valence-electron chi connectivity index (χ0n) is 20.6. The van der Waals surface area contributed by atoms with Gasteiger partial charge in [-0.2, -0.15) is 0 Å². The Bertz CT molecular complexity index is 1300. The number of hydrogen-bond donors (Lipinski definition) is 1. The van der Waals surface area contributed by atoms with Gasteiger partial charge in [-0.15, -0.1) is 0 Å². The first kappa shape index (κ1) is 28.8. The van der Waals surface area contributed by atoms with E-state index in [1.807, 2.05) is 24.3 Å². The van der Waals surface area contributed by atoms with E-state index in [1.54, 1.807) is 24.3 Å². The molecule has 1 N–H and O–H groups in total.